The van der Waals surface area contributed by atoms with Crippen LogP contribution in [0.1, 0.15) is 60.9 Å². The fourth-order valence-corrected chi connectivity index (χ4v) is 5.04. The van der Waals surface area contributed by atoms with Crippen molar-refractivity contribution in [2.75, 3.05) is 6.54 Å². The predicted octanol–water partition coefficient (Wildman–Crippen LogP) is 4.71. The Morgan fingerprint density at radius 2 is 1.88 bits per heavy atom. The van der Waals surface area contributed by atoms with E-state index in [-0.39, 0.29) is 17.9 Å². The van der Waals surface area contributed by atoms with Crippen molar-refractivity contribution in [2.24, 2.45) is 0 Å². The smallest absolute Gasteiger partial charge is 0.255 e. The van der Waals surface area contributed by atoms with E-state index in [1.54, 1.807) is 6.07 Å². The monoisotopic (exact) mass is 384 g/mol. The first-order valence-corrected chi connectivity index (χ1v) is 9.93. The third kappa shape index (κ3) is 3.41. The summed E-state index contributed by atoms with van der Waals surface area (Å²) >= 11 is 12.6. The molecule has 136 valence electrons. The topological polar surface area (TPSA) is 23.6 Å². The lowest BCUT2D eigenvalue weighted by atomic mass is 9.91. The maximum absolute atomic E-state index is 13.5. The van der Waals surface area contributed by atoms with Crippen LogP contribution in [0, 0.1) is 5.82 Å². The first-order valence-electron chi connectivity index (χ1n) is 9.18. The number of amides is 1. The lowest BCUT2D eigenvalue weighted by molar-refractivity contribution is -0.0160. The van der Waals surface area contributed by atoms with E-state index in [1.807, 2.05) is 4.90 Å². The highest BCUT2D eigenvalue weighted by Crippen LogP contribution is 2.41. The summed E-state index contributed by atoms with van der Waals surface area (Å²) in [6.07, 6.45) is 6.87. The molecule has 1 unspecified atom stereocenters. The number of piperidine rings is 1. The molecule has 1 aliphatic carbocycles. The lowest BCUT2D eigenvalue weighted by Crippen LogP contribution is -2.55. The summed E-state index contributed by atoms with van der Waals surface area (Å²) in [5, 5.41) is 0. The number of hydrogen-bond acceptors (Lipinski definition) is 2. The Morgan fingerprint density at radius 3 is 2.64 bits per heavy atom. The number of likely N-dealkylation sites (tertiary alicyclic amines) is 1. The van der Waals surface area contributed by atoms with Crippen LogP contribution in [0.5, 0.6) is 0 Å². The number of hydrogen-bond donors (Lipinski definition) is 0. The van der Waals surface area contributed by atoms with E-state index in [4.69, 9.17) is 23.2 Å². The normalized spacial score (nSPS) is 27.6. The fraction of sp³-hybridized carbons (Fsp3) is 0.632. The van der Waals surface area contributed by atoms with Gasteiger partial charge in [0.25, 0.3) is 5.91 Å². The van der Waals surface area contributed by atoms with Crippen molar-refractivity contribution in [3.63, 3.8) is 0 Å². The Labute approximate surface area is 158 Å². The number of rotatable bonds is 2. The predicted molar refractivity (Wildman–Crippen MR) is 97.3 cm³/mol. The van der Waals surface area contributed by atoms with Crippen LogP contribution >= 0.6 is 23.2 Å². The minimum Gasteiger partial charge on any atom is -0.319 e. The summed E-state index contributed by atoms with van der Waals surface area (Å²) in [6.45, 7) is 1.51. The van der Waals surface area contributed by atoms with E-state index in [9.17, 15) is 9.18 Å². The summed E-state index contributed by atoms with van der Waals surface area (Å²) in [6, 6.07) is 4.91. The Bertz CT molecular complexity index is 671. The average Bonchev–Trinajstić information content (AvgIpc) is 2.91. The molecule has 1 aromatic carbocycles. The maximum Gasteiger partial charge on any atom is 0.255 e. The van der Waals surface area contributed by atoms with Crippen LogP contribution < -0.4 is 0 Å². The van der Waals surface area contributed by atoms with Crippen molar-refractivity contribution in [2.45, 2.75) is 68.0 Å². The molecule has 0 spiro atoms. The van der Waals surface area contributed by atoms with Gasteiger partial charge in [-0.15, -0.1) is 23.2 Å². The second kappa shape index (κ2) is 6.71. The van der Waals surface area contributed by atoms with Gasteiger partial charge >= 0.3 is 0 Å². The molecular formula is C19H23Cl2FN2O. The molecule has 2 fully saturated rings. The SMILES string of the molecule is O=C1c2ccc(F)cc2CN1C1CCCCN1C1CCC(Cl)(Cl)CC1. The standard InChI is InChI=1S/C19H23Cl2FN2O/c20-19(21)8-6-15(7-9-19)23-10-2-1-3-17(23)24-12-13-11-14(22)4-5-16(13)18(24)25/h4-5,11,15,17H,1-3,6-10,12H2. The largest absolute Gasteiger partial charge is 0.319 e. The van der Waals surface area contributed by atoms with Gasteiger partial charge in [0.15, 0.2) is 0 Å². The molecule has 3 aliphatic rings. The van der Waals surface area contributed by atoms with Gasteiger partial charge in [-0.2, -0.15) is 0 Å². The van der Waals surface area contributed by atoms with Crippen molar-refractivity contribution < 1.29 is 9.18 Å². The van der Waals surface area contributed by atoms with Crippen LogP contribution in [0.2, 0.25) is 0 Å². The number of nitrogens with zero attached hydrogens (tertiary/aromatic N) is 2. The number of alkyl halides is 2. The molecule has 0 radical (unpaired) electrons. The number of fused-ring (bicyclic) bond motifs is 1. The molecule has 25 heavy (non-hydrogen) atoms. The van der Waals surface area contributed by atoms with E-state index in [0.29, 0.717) is 18.2 Å². The van der Waals surface area contributed by atoms with Crippen LogP contribution in [0.25, 0.3) is 0 Å². The molecule has 0 aromatic heterocycles. The molecule has 2 aliphatic heterocycles. The molecule has 6 heteroatoms. The molecule has 1 saturated carbocycles. The highest BCUT2D eigenvalue weighted by molar-refractivity contribution is 6.48. The first-order chi connectivity index (χ1) is 11.9. The van der Waals surface area contributed by atoms with Gasteiger partial charge in [0.2, 0.25) is 0 Å². The Kier molecular flexibility index (Phi) is 4.72. The average molecular weight is 385 g/mol. The third-order valence-electron chi connectivity index (χ3n) is 5.93. The molecule has 1 atom stereocenters. The zero-order valence-corrected chi connectivity index (χ0v) is 15.7. The van der Waals surface area contributed by atoms with E-state index in [1.165, 1.54) is 12.1 Å². The molecule has 1 saturated heterocycles. The van der Waals surface area contributed by atoms with E-state index >= 15 is 0 Å². The maximum atomic E-state index is 13.5. The van der Waals surface area contributed by atoms with Gasteiger partial charge in [0.1, 0.15) is 10.2 Å². The molecular weight excluding hydrogens is 362 g/mol. The van der Waals surface area contributed by atoms with Gasteiger partial charge in [-0.05, 0) is 68.7 Å². The quantitative estimate of drug-likeness (QED) is 0.689. The van der Waals surface area contributed by atoms with Crippen molar-refractivity contribution >= 4 is 29.1 Å². The Morgan fingerprint density at radius 1 is 1.12 bits per heavy atom. The zero-order valence-electron chi connectivity index (χ0n) is 14.2. The molecule has 1 amide bonds. The van der Waals surface area contributed by atoms with Crippen molar-refractivity contribution in [1.29, 1.82) is 0 Å². The van der Waals surface area contributed by atoms with Crippen LogP contribution in [0.3, 0.4) is 0 Å². The van der Waals surface area contributed by atoms with Gasteiger partial charge in [-0.1, -0.05) is 0 Å². The second-order valence-corrected chi connectivity index (χ2v) is 9.18. The van der Waals surface area contributed by atoms with Crippen molar-refractivity contribution in [1.82, 2.24) is 9.80 Å². The van der Waals surface area contributed by atoms with Crippen molar-refractivity contribution in [3.05, 3.63) is 35.1 Å². The van der Waals surface area contributed by atoms with E-state index in [2.05, 4.69) is 4.90 Å². The van der Waals surface area contributed by atoms with E-state index in [0.717, 1.165) is 57.1 Å². The second-order valence-electron chi connectivity index (χ2n) is 7.54. The zero-order chi connectivity index (χ0) is 17.6. The Hall–Kier alpha value is -0.840. The van der Waals surface area contributed by atoms with Gasteiger partial charge in [-0.3, -0.25) is 9.69 Å². The van der Waals surface area contributed by atoms with Gasteiger partial charge in [0, 0.05) is 24.7 Å². The first kappa shape index (κ1) is 17.6. The highest BCUT2D eigenvalue weighted by atomic mass is 35.5. The summed E-state index contributed by atoms with van der Waals surface area (Å²) in [4.78, 5) is 17.3. The van der Waals surface area contributed by atoms with Crippen LogP contribution in [0.4, 0.5) is 4.39 Å². The molecule has 0 N–H and O–H groups in total. The van der Waals surface area contributed by atoms with Gasteiger partial charge < -0.3 is 4.90 Å². The summed E-state index contributed by atoms with van der Waals surface area (Å²) in [5.74, 6) is -0.242. The number of halogens is 3. The summed E-state index contributed by atoms with van der Waals surface area (Å²) in [5.41, 5.74) is 1.45. The molecule has 3 nitrogen and oxygen atoms in total. The highest BCUT2D eigenvalue weighted by Gasteiger charge is 2.41. The summed E-state index contributed by atoms with van der Waals surface area (Å²) < 4.78 is 12.9. The summed E-state index contributed by atoms with van der Waals surface area (Å²) in [7, 11) is 0. The van der Waals surface area contributed by atoms with Crippen LogP contribution in [-0.4, -0.2) is 38.8 Å². The van der Waals surface area contributed by atoms with E-state index < -0.39 is 4.33 Å². The fourth-order valence-electron chi connectivity index (χ4n) is 4.61. The number of carbonyl (C=O) groups excluding carboxylic acids is 1. The molecule has 1 aromatic rings. The van der Waals surface area contributed by atoms with Crippen molar-refractivity contribution in [3.8, 4) is 0 Å². The van der Waals surface area contributed by atoms with Gasteiger partial charge in [-0.25, -0.2) is 4.39 Å². The van der Waals surface area contributed by atoms with Crippen LogP contribution in [0.15, 0.2) is 18.2 Å². The molecule has 4 rings (SSSR count). The Balaban J connectivity index is 1.53. The third-order valence-corrected chi connectivity index (χ3v) is 6.68. The minimum atomic E-state index is -0.598. The molecule has 2 heterocycles. The van der Waals surface area contributed by atoms with Crippen LogP contribution in [-0.2, 0) is 6.54 Å². The number of benzene rings is 1. The lowest BCUT2D eigenvalue weighted by Gasteiger charge is -2.47. The minimum absolute atomic E-state index is 0.0340. The van der Waals surface area contributed by atoms with Gasteiger partial charge in [0.05, 0.1) is 6.17 Å². The number of carbonyl (C=O) groups is 1. The molecule has 0 bridgehead atoms.